The zero-order valence-electron chi connectivity index (χ0n) is 11.2. The van der Waals surface area contributed by atoms with Crippen molar-refractivity contribution in [2.45, 2.75) is 19.9 Å². The minimum Gasteiger partial charge on any atom is -0.357 e. The van der Waals surface area contributed by atoms with E-state index in [1.165, 1.54) is 23.3 Å². The summed E-state index contributed by atoms with van der Waals surface area (Å²) >= 11 is 1.54. The van der Waals surface area contributed by atoms with Gasteiger partial charge in [0, 0.05) is 12.6 Å². The molecule has 0 amide bonds. The van der Waals surface area contributed by atoms with Crippen LogP contribution in [0.2, 0.25) is 0 Å². The standard InChI is InChI=1S/C16H15FN2S/c1-2-11-3-5-12(6-4-11)10-18-16-19-14-9-13(17)7-8-15(14)20-16/h3-9H,2,10H2,1H3,(H,18,19). The molecule has 0 unspecified atom stereocenters. The number of anilines is 1. The quantitative estimate of drug-likeness (QED) is 0.757. The predicted octanol–water partition coefficient (Wildman–Crippen LogP) is 4.61. The van der Waals surface area contributed by atoms with Crippen molar-refractivity contribution in [1.82, 2.24) is 4.98 Å². The summed E-state index contributed by atoms with van der Waals surface area (Å²) in [7, 11) is 0. The molecule has 2 nitrogen and oxygen atoms in total. The third-order valence-corrected chi connectivity index (χ3v) is 4.22. The van der Waals surface area contributed by atoms with Gasteiger partial charge in [0.2, 0.25) is 0 Å². The molecule has 0 aliphatic heterocycles. The van der Waals surface area contributed by atoms with Gasteiger partial charge in [-0.05, 0) is 29.7 Å². The molecule has 1 N–H and O–H groups in total. The van der Waals surface area contributed by atoms with Gasteiger partial charge in [0.1, 0.15) is 5.82 Å². The van der Waals surface area contributed by atoms with E-state index in [1.807, 2.05) is 0 Å². The molecule has 0 saturated carbocycles. The Balaban J connectivity index is 1.72. The topological polar surface area (TPSA) is 24.9 Å². The molecule has 1 aromatic heterocycles. The SMILES string of the molecule is CCc1ccc(CNc2nc3cc(F)ccc3s2)cc1. The van der Waals surface area contributed by atoms with Gasteiger partial charge in [-0.2, -0.15) is 0 Å². The van der Waals surface area contributed by atoms with Crippen molar-refractivity contribution in [2.24, 2.45) is 0 Å². The molecular weight excluding hydrogens is 271 g/mol. The van der Waals surface area contributed by atoms with Crippen LogP contribution in [0.25, 0.3) is 10.2 Å². The molecule has 3 aromatic rings. The van der Waals surface area contributed by atoms with Gasteiger partial charge in [-0.3, -0.25) is 0 Å². The van der Waals surface area contributed by atoms with Crippen LogP contribution in [-0.2, 0) is 13.0 Å². The largest absolute Gasteiger partial charge is 0.357 e. The summed E-state index contributed by atoms with van der Waals surface area (Å²) in [5.74, 6) is -0.246. The maximum Gasteiger partial charge on any atom is 0.184 e. The van der Waals surface area contributed by atoms with Gasteiger partial charge in [0.25, 0.3) is 0 Å². The number of fused-ring (bicyclic) bond motifs is 1. The zero-order chi connectivity index (χ0) is 13.9. The molecule has 1 heterocycles. The molecular formula is C16H15FN2S. The van der Waals surface area contributed by atoms with E-state index >= 15 is 0 Å². The maximum absolute atomic E-state index is 13.1. The first-order valence-corrected chi connectivity index (χ1v) is 7.44. The molecule has 0 radical (unpaired) electrons. The van der Waals surface area contributed by atoms with Crippen LogP contribution in [-0.4, -0.2) is 4.98 Å². The zero-order valence-corrected chi connectivity index (χ0v) is 12.0. The van der Waals surface area contributed by atoms with Crippen LogP contribution in [0.15, 0.2) is 42.5 Å². The summed E-state index contributed by atoms with van der Waals surface area (Å²) in [5, 5.41) is 4.12. The Morgan fingerprint density at radius 3 is 2.60 bits per heavy atom. The monoisotopic (exact) mass is 286 g/mol. The Labute approximate surface area is 121 Å². The summed E-state index contributed by atoms with van der Waals surface area (Å²) in [6, 6.07) is 13.2. The molecule has 0 atom stereocenters. The normalized spacial score (nSPS) is 10.9. The van der Waals surface area contributed by atoms with Gasteiger partial charge in [-0.15, -0.1) is 0 Å². The van der Waals surface area contributed by atoms with Crippen LogP contribution in [0.5, 0.6) is 0 Å². The Bertz CT molecular complexity index is 719. The molecule has 0 bridgehead atoms. The summed E-state index contributed by atoms with van der Waals surface area (Å²) in [6.07, 6.45) is 1.05. The first kappa shape index (κ1) is 13.1. The van der Waals surface area contributed by atoms with Crippen LogP contribution >= 0.6 is 11.3 Å². The molecule has 0 fully saturated rings. The first-order chi connectivity index (χ1) is 9.74. The third-order valence-electron chi connectivity index (χ3n) is 3.22. The lowest BCUT2D eigenvalue weighted by atomic mass is 10.1. The lowest BCUT2D eigenvalue weighted by molar-refractivity contribution is 0.629. The number of nitrogens with zero attached hydrogens (tertiary/aromatic N) is 1. The summed E-state index contributed by atoms with van der Waals surface area (Å²) in [6.45, 7) is 2.87. The van der Waals surface area contributed by atoms with Crippen molar-refractivity contribution >= 4 is 26.7 Å². The van der Waals surface area contributed by atoms with Gasteiger partial charge in [0.15, 0.2) is 5.13 Å². The number of thiazole rings is 1. The first-order valence-electron chi connectivity index (χ1n) is 6.62. The van der Waals surface area contributed by atoms with Crippen LogP contribution in [0.3, 0.4) is 0 Å². The van der Waals surface area contributed by atoms with E-state index in [-0.39, 0.29) is 5.82 Å². The Morgan fingerprint density at radius 1 is 1.10 bits per heavy atom. The molecule has 20 heavy (non-hydrogen) atoms. The fraction of sp³-hybridized carbons (Fsp3) is 0.188. The van der Waals surface area contributed by atoms with Gasteiger partial charge in [-0.25, -0.2) is 9.37 Å². The van der Waals surface area contributed by atoms with E-state index < -0.39 is 0 Å². The summed E-state index contributed by atoms with van der Waals surface area (Å²) in [4.78, 5) is 4.39. The number of hydrogen-bond donors (Lipinski definition) is 1. The fourth-order valence-electron chi connectivity index (χ4n) is 2.05. The van der Waals surface area contributed by atoms with E-state index in [0.717, 1.165) is 22.8 Å². The van der Waals surface area contributed by atoms with Crippen LogP contribution in [0, 0.1) is 5.82 Å². The average Bonchev–Trinajstić information content (AvgIpc) is 2.87. The van der Waals surface area contributed by atoms with Crippen LogP contribution < -0.4 is 5.32 Å². The molecule has 2 aromatic carbocycles. The van der Waals surface area contributed by atoms with Gasteiger partial charge >= 0.3 is 0 Å². The lowest BCUT2D eigenvalue weighted by Crippen LogP contribution is -1.98. The van der Waals surface area contributed by atoms with Gasteiger partial charge in [0.05, 0.1) is 10.2 Å². The third kappa shape index (κ3) is 2.80. The molecule has 0 aliphatic rings. The highest BCUT2D eigenvalue weighted by Crippen LogP contribution is 2.26. The minimum atomic E-state index is -0.246. The van der Waals surface area contributed by atoms with E-state index in [4.69, 9.17) is 0 Å². The number of rotatable bonds is 4. The molecule has 0 saturated heterocycles. The van der Waals surface area contributed by atoms with Crippen molar-refractivity contribution in [3.05, 3.63) is 59.4 Å². The summed E-state index contributed by atoms with van der Waals surface area (Å²) in [5.41, 5.74) is 3.26. The van der Waals surface area contributed by atoms with E-state index in [1.54, 1.807) is 17.4 Å². The van der Waals surface area contributed by atoms with E-state index in [9.17, 15) is 4.39 Å². The highest BCUT2D eigenvalue weighted by Gasteiger charge is 2.04. The smallest absolute Gasteiger partial charge is 0.184 e. The van der Waals surface area contributed by atoms with Crippen molar-refractivity contribution in [1.29, 1.82) is 0 Å². The van der Waals surface area contributed by atoms with Crippen LogP contribution in [0.1, 0.15) is 18.1 Å². The van der Waals surface area contributed by atoms with Gasteiger partial charge < -0.3 is 5.32 Å². The van der Waals surface area contributed by atoms with E-state index in [0.29, 0.717) is 5.52 Å². The molecule has 102 valence electrons. The van der Waals surface area contributed by atoms with E-state index in [2.05, 4.69) is 41.5 Å². The second-order valence-corrected chi connectivity index (χ2v) is 5.69. The molecule has 0 aliphatic carbocycles. The Hall–Kier alpha value is -1.94. The number of nitrogens with one attached hydrogen (secondary N) is 1. The highest BCUT2D eigenvalue weighted by molar-refractivity contribution is 7.22. The predicted molar refractivity (Wildman–Crippen MR) is 82.7 cm³/mol. The fourth-order valence-corrected chi connectivity index (χ4v) is 2.89. The van der Waals surface area contributed by atoms with Crippen molar-refractivity contribution in [3.8, 4) is 0 Å². The van der Waals surface area contributed by atoms with Crippen LogP contribution in [0.4, 0.5) is 9.52 Å². The molecule has 0 spiro atoms. The number of benzene rings is 2. The Kier molecular flexibility index (Phi) is 3.65. The number of aromatic nitrogens is 1. The van der Waals surface area contributed by atoms with Crippen molar-refractivity contribution in [2.75, 3.05) is 5.32 Å². The minimum absolute atomic E-state index is 0.246. The summed E-state index contributed by atoms with van der Waals surface area (Å²) < 4.78 is 14.1. The molecule has 3 rings (SSSR count). The number of halogens is 1. The van der Waals surface area contributed by atoms with Gasteiger partial charge in [-0.1, -0.05) is 42.5 Å². The maximum atomic E-state index is 13.1. The average molecular weight is 286 g/mol. The number of hydrogen-bond acceptors (Lipinski definition) is 3. The lowest BCUT2D eigenvalue weighted by Gasteiger charge is -2.03. The van der Waals surface area contributed by atoms with Crippen molar-refractivity contribution < 1.29 is 4.39 Å². The second-order valence-electron chi connectivity index (χ2n) is 4.65. The molecule has 4 heteroatoms. The number of aryl methyl sites for hydroxylation is 1. The Morgan fingerprint density at radius 2 is 1.85 bits per heavy atom. The van der Waals surface area contributed by atoms with Crippen molar-refractivity contribution in [3.63, 3.8) is 0 Å². The second kappa shape index (κ2) is 5.59. The highest BCUT2D eigenvalue weighted by atomic mass is 32.1.